The highest BCUT2D eigenvalue weighted by Crippen LogP contribution is 2.29. The molecule has 1 aliphatic carbocycles. The third-order valence-electron chi connectivity index (χ3n) is 5.48. The maximum atomic E-state index is 11.8. The summed E-state index contributed by atoms with van der Waals surface area (Å²) in [5.74, 6) is 1.28. The van der Waals surface area contributed by atoms with Crippen molar-refractivity contribution in [1.82, 2.24) is 25.1 Å². The van der Waals surface area contributed by atoms with Crippen LogP contribution < -0.4 is 5.32 Å². The van der Waals surface area contributed by atoms with Crippen molar-refractivity contribution in [1.29, 1.82) is 0 Å². The molecule has 1 aliphatic rings. The Labute approximate surface area is 174 Å². The van der Waals surface area contributed by atoms with Crippen LogP contribution >= 0.6 is 11.3 Å². The molecule has 0 aliphatic heterocycles. The first kappa shape index (κ1) is 20.0. The summed E-state index contributed by atoms with van der Waals surface area (Å²) in [6, 6.07) is 8.14. The number of likely N-dealkylation sites (N-methyl/N-ethyl adjacent to an activating group) is 1. The van der Waals surface area contributed by atoms with E-state index in [0.717, 1.165) is 61.3 Å². The number of carbonyl (C=O) groups is 1. The van der Waals surface area contributed by atoms with Crippen LogP contribution in [-0.4, -0.2) is 43.9 Å². The van der Waals surface area contributed by atoms with E-state index in [1.807, 2.05) is 22.9 Å². The molecular weight excluding hydrogens is 386 g/mol. The number of carbonyl (C=O) groups excluding carboxylic acids is 1. The van der Waals surface area contributed by atoms with Gasteiger partial charge >= 0.3 is 0 Å². The number of hydrogen-bond acceptors (Lipinski definition) is 6. The van der Waals surface area contributed by atoms with Crippen molar-refractivity contribution in [3.05, 3.63) is 40.9 Å². The molecule has 29 heavy (non-hydrogen) atoms. The lowest BCUT2D eigenvalue weighted by Gasteiger charge is -2.28. The van der Waals surface area contributed by atoms with Crippen LogP contribution in [0.1, 0.15) is 54.8 Å². The first-order valence-corrected chi connectivity index (χ1v) is 11.1. The Bertz CT molecular complexity index is 950. The molecule has 2 heterocycles. The first-order chi connectivity index (χ1) is 14.1. The number of thiazole rings is 1. The van der Waals surface area contributed by atoms with E-state index in [1.165, 1.54) is 4.70 Å². The third kappa shape index (κ3) is 4.64. The molecule has 2 atom stereocenters. The van der Waals surface area contributed by atoms with Gasteiger partial charge in [-0.05, 0) is 37.8 Å². The molecule has 7 nitrogen and oxygen atoms in total. The van der Waals surface area contributed by atoms with Crippen LogP contribution in [0.4, 0.5) is 0 Å². The minimum absolute atomic E-state index is 0.0489. The number of benzene rings is 1. The maximum absolute atomic E-state index is 11.8. The van der Waals surface area contributed by atoms with Gasteiger partial charge in [-0.2, -0.15) is 5.10 Å². The van der Waals surface area contributed by atoms with Crippen LogP contribution in [0.15, 0.2) is 24.3 Å². The van der Waals surface area contributed by atoms with Crippen molar-refractivity contribution in [2.45, 2.75) is 63.5 Å². The Morgan fingerprint density at radius 2 is 2.07 bits per heavy atom. The van der Waals surface area contributed by atoms with Crippen molar-refractivity contribution in [2.75, 3.05) is 7.05 Å². The monoisotopic (exact) mass is 413 g/mol. The van der Waals surface area contributed by atoms with Gasteiger partial charge in [0.05, 0.1) is 33.8 Å². The third-order valence-corrected chi connectivity index (χ3v) is 6.58. The predicted molar refractivity (Wildman–Crippen MR) is 113 cm³/mol. The van der Waals surface area contributed by atoms with E-state index >= 15 is 0 Å². The van der Waals surface area contributed by atoms with Crippen LogP contribution in [0.5, 0.6) is 0 Å². The fourth-order valence-electron chi connectivity index (χ4n) is 3.95. The zero-order valence-corrected chi connectivity index (χ0v) is 17.5. The number of aliphatic hydroxyl groups is 1. The van der Waals surface area contributed by atoms with Gasteiger partial charge in [-0.3, -0.25) is 4.79 Å². The highest BCUT2D eigenvalue weighted by atomic mass is 32.1. The summed E-state index contributed by atoms with van der Waals surface area (Å²) >= 11 is 1.73. The number of fused-ring (bicyclic) bond motifs is 1. The lowest BCUT2D eigenvalue weighted by molar-refractivity contribution is -0.120. The van der Waals surface area contributed by atoms with Crippen LogP contribution in [0, 0.1) is 0 Å². The Hall–Kier alpha value is -2.32. The summed E-state index contributed by atoms with van der Waals surface area (Å²) < 4.78 is 3.10. The number of nitrogens with zero attached hydrogens (tertiary/aromatic N) is 4. The molecule has 2 N–H and O–H groups in total. The van der Waals surface area contributed by atoms with E-state index in [0.29, 0.717) is 5.82 Å². The summed E-state index contributed by atoms with van der Waals surface area (Å²) in [5, 5.41) is 18.8. The normalized spacial score (nSPS) is 19.5. The topological polar surface area (TPSA) is 92.9 Å². The van der Waals surface area contributed by atoms with Gasteiger partial charge in [-0.25, -0.2) is 14.6 Å². The molecule has 1 saturated carbocycles. The molecule has 8 heteroatoms. The predicted octanol–water partition coefficient (Wildman–Crippen LogP) is 2.83. The van der Waals surface area contributed by atoms with Crippen molar-refractivity contribution in [2.24, 2.45) is 0 Å². The lowest BCUT2D eigenvalue weighted by atomic mass is 9.92. The van der Waals surface area contributed by atoms with Crippen LogP contribution in [0.2, 0.25) is 0 Å². The molecule has 1 amide bonds. The Balaban J connectivity index is 1.48. The summed E-state index contributed by atoms with van der Waals surface area (Å²) in [6.07, 6.45) is 6.11. The minimum Gasteiger partial charge on any atom is -0.391 e. The number of nitrogens with one attached hydrogen (secondary N) is 1. The van der Waals surface area contributed by atoms with E-state index in [2.05, 4.69) is 21.5 Å². The second-order valence-electron chi connectivity index (χ2n) is 7.59. The Kier molecular flexibility index (Phi) is 6.20. The average molecular weight is 414 g/mol. The first-order valence-electron chi connectivity index (χ1n) is 10.3. The number of aromatic nitrogens is 4. The van der Waals surface area contributed by atoms with Gasteiger partial charge in [0, 0.05) is 13.5 Å². The lowest BCUT2D eigenvalue weighted by Crippen LogP contribution is -2.29. The van der Waals surface area contributed by atoms with E-state index in [9.17, 15) is 9.90 Å². The van der Waals surface area contributed by atoms with Crippen LogP contribution in [-0.2, 0) is 24.1 Å². The number of rotatable bonds is 7. The molecule has 0 spiro atoms. The highest BCUT2D eigenvalue weighted by Gasteiger charge is 2.28. The van der Waals surface area contributed by atoms with Crippen LogP contribution in [0.25, 0.3) is 10.2 Å². The highest BCUT2D eigenvalue weighted by molar-refractivity contribution is 7.18. The zero-order valence-electron chi connectivity index (χ0n) is 16.7. The van der Waals surface area contributed by atoms with Gasteiger partial charge < -0.3 is 10.4 Å². The van der Waals surface area contributed by atoms with Gasteiger partial charge in [-0.15, -0.1) is 11.3 Å². The number of aryl methyl sites for hydroxylation is 2. The Morgan fingerprint density at radius 3 is 2.86 bits per heavy atom. The molecule has 1 fully saturated rings. The van der Waals surface area contributed by atoms with Crippen LogP contribution in [0.3, 0.4) is 0 Å². The van der Waals surface area contributed by atoms with Gasteiger partial charge in [-0.1, -0.05) is 25.0 Å². The Morgan fingerprint density at radius 1 is 1.24 bits per heavy atom. The summed E-state index contributed by atoms with van der Waals surface area (Å²) in [5.41, 5.74) is 1.05. The summed E-state index contributed by atoms with van der Waals surface area (Å²) in [7, 11) is 1.61. The average Bonchev–Trinajstić information content (AvgIpc) is 3.31. The zero-order chi connectivity index (χ0) is 20.2. The van der Waals surface area contributed by atoms with Gasteiger partial charge in [0.15, 0.2) is 5.82 Å². The smallest absolute Gasteiger partial charge is 0.227 e. The molecule has 1 aromatic carbocycles. The largest absolute Gasteiger partial charge is 0.391 e. The van der Waals surface area contributed by atoms with Gasteiger partial charge in [0.2, 0.25) is 5.91 Å². The van der Waals surface area contributed by atoms with Crippen molar-refractivity contribution in [3.8, 4) is 0 Å². The fraction of sp³-hybridized carbons (Fsp3) is 0.524. The second-order valence-corrected chi connectivity index (χ2v) is 8.70. The molecule has 0 bridgehead atoms. The van der Waals surface area contributed by atoms with E-state index in [1.54, 1.807) is 18.4 Å². The molecular formula is C21H27N5O2S. The van der Waals surface area contributed by atoms with E-state index in [-0.39, 0.29) is 18.4 Å². The maximum Gasteiger partial charge on any atom is 0.227 e. The van der Waals surface area contributed by atoms with Crippen molar-refractivity contribution < 1.29 is 9.90 Å². The van der Waals surface area contributed by atoms with Gasteiger partial charge in [0.25, 0.3) is 0 Å². The molecule has 2 aromatic heterocycles. The summed E-state index contributed by atoms with van der Waals surface area (Å²) in [4.78, 5) is 21.1. The molecule has 0 saturated heterocycles. The molecule has 0 radical (unpaired) electrons. The van der Waals surface area contributed by atoms with Crippen molar-refractivity contribution in [3.63, 3.8) is 0 Å². The quantitative estimate of drug-likeness (QED) is 0.621. The van der Waals surface area contributed by atoms with Crippen molar-refractivity contribution >= 4 is 27.5 Å². The second kappa shape index (κ2) is 9.00. The molecule has 154 valence electrons. The molecule has 3 aromatic rings. The number of aliphatic hydroxyl groups excluding tert-OH is 1. The minimum atomic E-state index is -0.402. The van der Waals surface area contributed by atoms with E-state index in [4.69, 9.17) is 4.98 Å². The molecule has 0 unspecified atom stereocenters. The summed E-state index contributed by atoms with van der Waals surface area (Å²) in [6.45, 7) is 0. The fourth-order valence-corrected chi connectivity index (χ4v) is 4.96. The number of hydrogen-bond donors (Lipinski definition) is 2. The standard InChI is InChI=1S/C21H27N5O2S/c1-22-20(28)13-18-24-19(26(25-18)15-8-3-4-9-16(15)27)11-6-12-21-23-14-7-2-5-10-17(14)29-21/h2,5,7,10,15-16,27H,3-4,6,8-9,11-13H2,1H3,(H,22,28)/t15-,16-/m1/s1. The van der Waals surface area contributed by atoms with Gasteiger partial charge in [0.1, 0.15) is 5.82 Å². The molecule has 4 rings (SSSR count). The number of amides is 1. The SMILES string of the molecule is CNC(=O)Cc1nc(CCCc2nc3ccccc3s2)n([C@@H]2CCCC[C@H]2O)n1. The number of para-hydroxylation sites is 1. The van der Waals surface area contributed by atoms with E-state index < -0.39 is 6.10 Å².